The molecule has 1 aromatic rings. The van der Waals surface area contributed by atoms with Crippen LogP contribution in [0.5, 0.6) is 0 Å². The Morgan fingerprint density at radius 3 is 2.90 bits per heavy atom. The van der Waals surface area contributed by atoms with Gasteiger partial charge in [0.2, 0.25) is 0 Å². The molecule has 0 saturated heterocycles. The van der Waals surface area contributed by atoms with Crippen LogP contribution in [-0.4, -0.2) is 47.3 Å². The molecule has 0 aliphatic heterocycles. The van der Waals surface area contributed by atoms with Gasteiger partial charge in [0, 0.05) is 32.3 Å². The summed E-state index contributed by atoms with van der Waals surface area (Å²) in [6.07, 6.45) is 4.34. The van der Waals surface area contributed by atoms with Crippen molar-refractivity contribution in [2.75, 3.05) is 26.8 Å². The smallest absolute Gasteiger partial charge is 0.0687 e. The predicted octanol–water partition coefficient (Wildman–Crippen LogP) is 1.77. The van der Waals surface area contributed by atoms with E-state index in [2.05, 4.69) is 24.3 Å². The molecule has 0 fully saturated rings. The zero-order valence-electron chi connectivity index (χ0n) is 13.2. The minimum absolute atomic E-state index is 0.407. The highest BCUT2D eigenvalue weighted by atomic mass is 16.5. The van der Waals surface area contributed by atoms with Crippen LogP contribution >= 0.6 is 0 Å². The summed E-state index contributed by atoms with van der Waals surface area (Å²) < 4.78 is 6.94. The summed E-state index contributed by atoms with van der Waals surface area (Å²) in [6, 6.07) is 2.41. The molecular weight excluding hydrogens is 254 g/mol. The number of hydrogen-bond donors (Lipinski definition) is 2. The molecule has 0 aromatic carbocycles. The average molecular weight is 283 g/mol. The number of hydrogen-bond acceptors (Lipinski definition) is 4. The van der Waals surface area contributed by atoms with Crippen LogP contribution < -0.4 is 5.32 Å². The molecule has 0 spiro atoms. The molecule has 2 unspecified atom stereocenters. The Kier molecular flexibility index (Phi) is 7.19. The molecule has 5 heteroatoms. The van der Waals surface area contributed by atoms with Crippen molar-refractivity contribution in [1.29, 1.82) is 0 Å². The highest BCUT2D eigenvalue weighted by molar-refractivity contribution is 5.04. The van der Waals surface area contributed by atoms with E-state index in [-0.39, 0.29) is 0 Å². The van der Waals surface area contributed by atoms with Crippen molar-refractivity contribution >= 4 is 0 Å². The zero-order chi connectivity index (χ0) is 15.0. The first-order valence-electron chi connectivity index (χ1n) is 7.44. The summed E-state index contributed by atoms with van der Waals surface area (Å²) in [7, 11) is 1.69. The predicted molar refractivity (Wildman–Crippen MR) is 80.9 cm³/mol. The van der Waals surface area contributed by atoms with Crippen LogP contribution in [-0.2, 0) is 11.2 Å². The molecule has 0 saturated carbocycles. The van der Waals surface area contributed by atoms with Gasteiger partial charge in [-0.05, 0) is 39.3 Å². The van der Waals surface area contributed by atoms with Gasteiger partial charge in [-0.2, -0.15) is 5.10 Å². The van der Waals surface area contributed by atoms with E-state index in [0.717, 1.165) is 25.2 Å². The van der Waals surface area contributed by atoms with Crippen molar-refractivity contribution in [3.05, 3.63) is 18.0 Å². The normalized spacial score (nSPS) is 16.1. The highest BCUT2D eigenvalue weighted by Gasteiger charge is 2.22. The maximum absolute atomic E-state index is 10.4. The number of aromatic nitrogens is 2. The van der Waals surface area contributed by atoms with Gasteiger partial charge in [0.15, 0.2) is 0 Å². The molecule has 2 atom stereocenters. The van der Waals surface area contributed by atoms with Crippen LogP contribution in [0.4, 0.5) is 0 Å². The van der Waals surface area contributed by atoms with Crippen molar-refractivity contribution in [2.24, 2.45) is 0 Å². The van der Waals surface area contributed by atoms with E-state index in [1.165, 1.54) is 0 Å². The molecule has 0 amide bonds. The fourth-order valence-corrected chi connectivity index (χ4v) is 2.04. The maximum Gasteiger partial charge on any atom is 0.0687 e. The third-order valence-corrected chi connectivity index (χ3v) is 3.59. The molecule has 116 valence electrons. The molecule has 0 radical (unpaired) electrons. The van der Waals surface area contributed by atoms with E-state index >= 15 is 0 Å². The van der Waals surface area contributed by atoms with E-state index in [1.807, 2.05) is 23.9 Å². The van der Waals surface area contributed by atoms with Gasteiger partial charge in [0.1, 0.15) is 0 Å². The van der Waals surface area contributed by atoms with Crippen LogP contribution in [0.25, 0.3) is 0 Å². The molecule has 20 heavy (non-hydrogen) atoms. The lowest BCUT2D eigenvalue weighted by atomic mass is 9.96. The van der Waals surface area contributed by atoms with Crippen LogP contribution in [0, 0.1) is 0 Å². The van der Waals surface area contributed by atoms with Crippen LogP contribution in [0.3, 0.4) is 0 Å². The summed E-state index contributed by atoms with van der Waals surface area (Å²) in [6.45, 7) is 8.45. The number of ether oxygens (including phenoxy) is 1. The minimum Gasteiger partial charge on any atom is -0.390 e. The van der Waals surface area contributed by atoms with Crippen molar-refractivity contribution < 1.29 is 9.84 Å². The quantitative estimate of drug-likeness (QED) is 0.643. The molecule has 0 aliphatic rings. The summed E-state index contributed by atoms with van der Waals surface area (Å²) >= 11 is 0. The van der Waals surface area contributed by atoms with E-state index in [4.69, 9.17) is 4.74 Å². The fourth-order valence-electron chi connectivity index (χ4n) is 2.04. The Morgan fingerprint density at radius 1 is 1.50 bits per heavy atom. The third kappa shape index (κ3) is 6.03. The van der Waals surface area contributed by atoms with Gasteiger partial charge >= 0.3 is 0 Å². The van der Waals surface area contributed by atoms with Gasteiger partial charge in [0.05, 0.1) is 17.9 Å². The molecule has 1 heterocycles. The Bertz CT molecular complexity index is 377. The first-order chi connectivity index (χ1) is 9.48. The van der Waals surface area contributed by atoms with Crippen molar-refractivity contribution in [1.82, 2.24) is 15.1 Å². The summed E-state index contributed by atoms with van der Waals surface area (Å²) in [5.74, 6) is 0. The Balaban J connectivity index is 2.39. The number of nitrogens with one attached hydrogen (secondary N) is 1. The van der Waals surface area contributed by atoms with E-state index in [0.29, 0.717) is 25.5 Å². The largest absolute Gasteiger partial charge is 0.390 e. The van der Waals surface area contributed by atoms with Gasteiger partial charge in [-0.25, -0.2) is 0 Å². The topological polar surface area (TPSA) is 59.3 Å². The van der Waals surface area contributed by atoms with Gasteiger partial charge in [-0.15, -0.1) is 0 Å². The number of rotatable bonds is 10. The molecule has 1 rings (SSSR count). The van der Waals surface area contributed by atoms with E-state index in [9.17, 15) is 5.11 Å². The number of aliphatic hydroxyl groups is 1. The molecule has 1 aromatic heterocycles. The maximum atomic E-state index is 10.4. The van der Waals surface area contributed by atoms with Gasteiger partial charge in [0.25, 0.3) is 0 Å². The first-order valence-corrected chi connectivity index (χ1v) is 7.44. The van der Waals surface area contributed by atoms with Gasteiger partial charge in [-0.3, -0.25) is 4.68 Å². The van der Waals surface area contributed by atoms with Crippen molar-refractivity contribution in [3.63, 3.8) is 0 Å². The van der Waals surface area contributed by atoms with E-state index in [1.54, 1.807) is 7.11 Å². The summed E-state index contributed by atoms with van der Waals surface area (Å²) in [5, 5.41) is 18.2. The second kappa shape index (κ2) is 8.39. The number of methoxy groups -OCH3 is 1. The second-order valence-corrected chi connectivity index (χ2v) is 5.71. The summed E-state index contributed by atoms with van der Waals surface area (Å²) in [5.41, 5.74) is 0.224. The Labute approximate surface area is 122 Å². The lowest BCUT2D eigenvalue weighted by Crippen LogP contribution is -2.33. The average Bonchev–Trinajstić information content (AvgIpc) is 2.85. The van der Waals surface area contributed by atoms with Crippen LogP contribution in [0.15, 0.2) is 12.3 Å². The lowest BCUT2D eigenvalue weighted by molar-refractivity contribution is 0.0499. The molecule has 2 N–H and O–H groups in total. The standard InChI is InChI=1S/C15H29N3O2/c1-5-13(2)18-10-6-14(17-18)12-15(3,19)7-8-16-9-11-20-4/h6,10,13,16,19H,5,7-9,11-12H2,1-4H3. The Morgan fingerprint density at radius 2 is 2.25 bits per heavy atom. The SMILES string of the molecule is CCC(C)n1ccc(CC(C)(O)CCNCCOC)n1. The molecule has 0 bridgehead atoms. The highest BCUT2D eigenvalue weighted by Crippen LogP contribution is 2.17. The fraction of sp³-hybridized carbons (Fsp3) is 0.800. The molecule has 5 nitrogen and oxygen atoms in total. The van der Waals surface area contributed by atoms with Gasteiger partial charge in [-0.1, -0.05) is 6.92 Å². The van der Waals surface area contributed by atoms with E-state index < -0.39 is 5.60 Å². The number of nitrogens with zero attached hydrogens (tertiary/aromatic N) is 2. The second-order valence-electron chi connectivity index (χ2n) is 5.71. The van der Waals surface area contributed by atoms with Gasteiger partial charge < -0.3 is 15.2 Å². The van der Waals surface area contributed by atoms with Crippen LogP contribution in [0.2, 0.25) is 0 Å². The van der Waals surface area contributed by atoms with Crippen molar-refractivity contribution in [3.8, 4) is 0 Å². The lowest BCUT2D eigenvalue weighted by Gasteiger charge is -2.22. The monoisotopic (exact) mass is 283 g/mol. The summed E-state index contributed by atoms with van der Waals surface area (Å²) in [4.78, 5) is 0. The third-order valence-electron chi connectivity index (χ3n) is 3.59. The Hall–Kier alpha value is -0.910. The molecule has 0 aliphatic carbocycles. The zero-order valence-corrected chi connectivity index (χ0v) is 13.2. The molecular formula is C15H29N3O2. The first kappa shape index (κ1) is 17.1. The van der Waals surface area contributed by atoms with Crippen molar-refractivity contribution in [2.45, 2.75) is 51.7 Å². The van der Waals surface area contributed by atoms with Crippen LogP contribution in [0.1, 0.15) is 45.3 Å². The minimum atomic E-state index is -0.727.